The van der Waals surface area contributed by atoms with Crippen molar-refractivity contribution in [2.75, 3.05) is 43.9 Å². The Morgan fingerprint density at radius 3 is 2.44 bits per heavy atom. The van der Waals surface area contributed by atoms with Gasteiger partial charge in [-0.25, -0.2) is 0 Å². The van der Waals surface area contributed by atoms with E-state index in [9.17, 15) is 0 Å². The van der Waals surface area contributed by atoms with Crippen LogP contribution in [0.1, 0.15) is 13.8 Å². The molecular formula is C12H22N4. The number of anilines is 2. The first-order valence-electron chi connectivity index (χ1n) is 5.81. The van der Waals surface area contributed by atoms with E-state index in [0.29, 0.717) is 5.69 Å². The summed E-state index contributed by atoms with van der Waals surface area (Å²) in [6, 6.07) is 1.95. The highest BCUT2D eigenvalue weighted by atomic mass is 15.2. The number of rotatable bonds is 6. The maximum absolute atomic E-state index is 5.71. The average Bonchev–Trinajstić information content (AvgIpc) is 2.30. The molecule has 0 saturated heterocycles. The van der Waals surface area contributed by atoms with Gasteiger partial charge < -0.3 is 15.5 Å². The summed E-state index contributed by atoms with van der Waals surface area (Å²) < 4.78 is 0. The minimum Gasteiger partial charge on any atom is -0.397 e. The lowest BCUT2D eigenvalue weighted by atomic mass is 10.3. The lowest BCUT2D eigenvalue weighted by Gasteiger charge is -2.24. The monoisotopic (exact) mass is 222 g/mol. The van der Waals surface area contributed by atoms with Gasteiger partial charge in [0.15, 0.2) is 0 Å². The van der Waals surface area contributed by atoms with E-state index in [1.54, 1.807) is 6.20 Å². The Balaban J connectivity index is 2.49. The predicted octanol–water partition coefficient (Wildman–Crippen LogP) is 1.44. The first-order chi connectivity index (χ1) is 7.67. The van der Waals surface area contributed by atoms with Gasteiger partial charge in [0.2, 0.25) is 0 Å². The Morgan fingerprint density at radius 1 is 1.19 bits per heavy atom. The SMILES string of the molecule is CCN(CC)CCN(C)c1cncc(N)c1. The molecule has 0 saturated carbocycles. The zero-order valence-electron chi connectivity index (χ0n) is 10.5. The largest absolute Gasteiger partial charge is 0.397 e. The van der Waals surface area contributed by atoms with Gasteiger partial charge in [-0.15, -0.1) is 0 Å². The Bertz CT molecular complexity index is 310. The molecular weight excluding hydrogens is 200 g/mol. The molecule has 4 nitrogen and oxygen atoms in total. The summed E-state index contributed by atoms with van der Waals surface area (Å²) in [5.74, 6) is 0. The van der Waals surface area contributed by atoms with Crippen molar-refractivity contribution in [1.82, 2.24) is 9.88 Å². The summed E-state index contributed by atoms with van der Waals surface area (Å²) in [6.45, 7) is 8.63. The van der Waals surface area contributed by atoms with Crippen molar-refractivity contribution in [2.24, 2.45) is 0 Å². The van der Waals surface area contributed by atoms with Crippen molar-refractivity contribution in [2.45, 2.75) is 13.8 Å². The zero-order valence-corrected chi connectivity index (χ0v) is 10.5. The van der Waals surface area contributed by atoms with Gasteiger partial charge in [0.25, 0.3) is 0 Å². The first-order valence-corrected chi connectivity index (χ1v) is 5.81. The van der Waals surface area contributed by atoms with Crippen molar-refractivity contribution in [3.63, 3.8) is 0 Å². The average molecular weight is 222 g/mol. The minimum absolute atomic E-state index is 0.715. The lowest BCUT2D eigenvalue weighted by Crippen LogP contribution is -2.33. The maximum atomic E-state index is 5.71. The highest BCUT2D eigenvalue weighted by molar-refractivity contribution is 5.52. The fraction of sp³-hybridized carbons (Fsp3) is 0.583. The Kier molecular flexibility index (Phi) is 5.05. The third-order valence-electron chi connectivity index (χ3n) is 2.83. The summed E-state index contributed by atoms with van der Waals surface area (Å²) in [6.07, 6.45) is 3.51. The van der Waals surface area contributed by atoms with E-state index >= 15 is 0 Å². The molecule has 1 heterocycles. The van der Waals surface area contributed by atoms with Crippen LogP contribution in [0, 0.1) is 0 Å². The molecule has 0 atom stereocenters. The molecule has 0 aliphatic carbocycles. The lowest BCUT2D eigenvalue weighted by molar-refractivity contribution is 0.311. The Hall–Kier alpha value is -1.29. The van der Waals surface area contributed by atoms with E-state index in [1.807, 2.05) is 12.3 Å². The van der Waals surface area contributed by atoms with Crippen molar-refractivity contribution in [3.8, 4) is 0 Å². The molecule has 90 valence electrons. The van der Waals surface area contributed by atoms with Crippen LogP contribution in [0.5, 0.6) is 0 Å². The third-order valence-corrected chi connectivity index (χ3v) is 2.83. The zero-order chi connectivity index (χ0) is 12.0. The van der Waals surface area contributed by atoms with E-state index in [2.05, 4.69) is 35.7 Å². The fourth-order valence-corrected chi connectivity index (χ4v) is 1.61. The van der Waals surface area contributed by atoms with Gasteiger partial charge in [0.1, 0.15) is 0 Å². The molecule has 0 aromatic carbocycles. The van der Waals surface area contributed by atoms with Gasteiger partial charge in [-0.1, -0.05) is 13.8 Å². The number of aromatic nitrogens is 1. The summed E-state index contributed by atoms with van der Waals surface area (Å²) in [5.41, 5.74) is 7.50. The number of nitrogen functional groups attached to an aromatic ring is 1. The molecule has 0 aliphatic heterocycles. The normalized spacial score (nSPS) is 10.8. The van der Waals surface area contributed by atoms with Crippen LogP contribution in [0.3, 0.4) is 0 Å². The summed E-state index contributed by atoms with van der Waals surface area (Å²) in [5, 5.41) is 0. The standard InChI is InChI=1S/C12H22N4/c1-4-16(5-2)7-6-15(3)12-8-11(13)9-14-10-12/h8-10H,4-7,13H2,1-3H3. The summed E-state index contributed by atoms with van der Waals surface area (Å²) in [4.78, 5) is 8.67. The van der Waals surface area contributed by atoms with Gasteiger partial charge in [0, 0.05) is 26.3 Å². The number of nitrogens with zero attached hydrogens (tertiary/aromatic N) is 3. The highest BCUT2D eigenvalue weighted by Crippen LogP contribution is 2.13. The molecule has 0 fully saturated rings. The first kappa shape index (κ1) is 12.8. The van der Waals surface area contributed by atoms with Gasteiger partial charge in [-0.05, 0) is 19.2 Å². The Labute approximate surface area is 98.1 Å². The fourth-order valence-electron chi connectivity index (χ4n) is 1.61. The van der Waals surface area contributed by atoms with Crippen LogP contribution in [0.15, 0.2) is 18.5 Å². The molecule has 16 heavy (non-hydrogen) atoms. The highest BCUT2D eigenvalue weighted by Gasteiger charge is 2.04. The van der Waals surface area contributed by atoms with Crippen LogP contribution >= 0.6 is 0 Å². The molecule has 0 bridgehead atoms. The number of likely N-dealkylation sites (N-methyl/N-ethyl adjacent to an activating group) is 2. The van der Waals surface area contributed by atoms with Crippen LogP contribution in [0.4, 0.5) is 11.4 Å². The van der Waals surface area contributed by atoms with Crippen molar-refractivity contribution in [1.29, 1.82) is 0 Å². The van der Waals surface area contributed by atoms with Crippen molar-refractivity contribution in [3.05, 3.63) is 18.5 Å². The Morgan fingerprint density at radius 2 is 1.88 bits per heavy atom. The van der Waals surface area contributed by atoms with Crippen LogP contribution in [-0.4, -0.2) is 43.1 Å². The molecule has 0 radical (unpaired) electrons. The van der Waals surface area contributed by atoms with E-state index in [-0.39, 0.29) is 0 Å². The van der Waals surface area contributed by atoms with E-state index in [0.717, 1.165) is 31.9 Å². The molecule has 0 aliphatic rings. The second kappa shape index (κ2) is 6.33. The molecule has 2 N–H and O–H groups in total. The van der Waals surface area contributed by atoms with Crippen molar-refractivity contribution < 1.29 is 0 Å². The maximum Gasteiger partial charge on any atom is 0.0571 e. The predicted molar refractivity (Wildman–Crippen MR) is 69.7 cm³/mol. The smallest absolute Gasteiger partial charge is 0.0571 e. The van der Waals surface area contributed by atoms with Crippen molar-refractivity contribution >= 4 is 11.4 Å². The van der Waals surface area contributed by atoms with E-state index < -0.39 is 0 Å². The molecule has 1 aromatic heterocycles. The van der Waals surface area contributed by atoms with Crippen LogP contribution in [0.2, 0.25) is 0 Å². The summed E-state index contributed by atoms with van der Waals surface area (Å²) in [7, 11) is 2.07. The minimum atomic E-state index is 0.715. The molecule has 1 rings (SSSR count). The van der Waals surface area contributed by atoms with E-state index in [4.69, 9.17) is 5.73 Å². The number of hydrogen-bond donors (Lipinski definition) is 1. The second-order valence-electron chi connectivity index (χ2n) is 3.92. The quantitative estimate of drug-likeness (QED) is 0.791. The second-order valence-corrected chi connectivity index (χ2v) is 3.92. The molecule has 4 heteroatoms. The third kappa shape index (κ3) is 3.70. The number of pyridine rings is 1. The molecule has 1 aromatic rings. The van der Waals surface area contributed by atoms with Gasteiger partial charge in [-0.3, -0.25) is 4.98 Å². The van der Waals surface area contributed by atoms with Gasteiger partial charge >= 0.3 is 0 Å². The number of nitrogens with two attached hydrogens (primary N) is 1. The molecule has 0 amide bonds. The molecule has 0 spiro atoms. The summed E-state index contributed by atoms with van der Waals surface area (Å²) >= 11 is 0. The van der Waals surface area contributed by atoms with E-state index in [1.165, 1.54) is 0 Å². The molecule has 0 unspecified atom stereocenters. The van der Waals surface area contributed by atoms with Crippen LogP contribution in [0.25, 0.3) is 0 Å². The van der Waals surface area contributed by atoms with Crippen LogP contribution in [-0.2, 0) is 0 Å². The van der Waals surface area contributed by atoms with Gasteiger partial charge in [0.05, 0.1) is 17.6 Å². The van der Waals surface area contributed by atoms with Gasteiger partial charge in [-0.2, -0.15) is 0 Å². The topological polar surface area (TPSA) is 45.4 Å². The number of hydrogen-bond acceptors (Lipinski definition) is 4. The van der Waals surface area contributed by atoms with Crippen LogP contribution < -0.4 is 10.6 Å².